The van der Waals surface area contributed by atoms with Crippen molar-refractivity contribution in [3.05, 3.63) is 0 Å². The summed E-state index contributed by atoms with van der Waals surface area (Å²) in [5, 5.41) is 9.26. The van der Waals surface area contributed by atoms with E-state index in [0.717, 1.165) is 6.61 Å². The molecule has 146 valence electrons. The Balaban J connectivity index is 3.05. The molecule has 0 bridgehead atoms. The maximum atomic E-state index is 9.26. The maximum Gasteiger partial charge on any atom is 0.0988 e. The van der Waals surface area contributed by atoms with Gasteiger partial charge in [0.15, 0.2) is 0 Å². The van der Waals surface area contributed by atoms with Gasteiger partial charge < -0.3 is 9.84 Å². The highest BCUT2D eigenvalue weighted by atomic mass is 16.5. The number of unbranched alkanes of at least 4 members (excludes halogenated alkanes) is 13. The molecule has 0 aromatic heterocycles. The molecule has 0 heterocycles. The predicted octanol–water partition coefficient (Wildman–Crippen LogP) is 5.75. The third kappa shape index (κ3) is 19.9. The molecule has 0 aromatic rings. The van der Waals surface area contributed by atoms with Gasteiger partial charge in [-0.2, -0.15) is 0 Å². The van der Waals surface area contributed by atoms with Crippen molar-refractivity contribution in [1.29, 1.82) is 0 Å². The van der Waals surface area contributed by atoms with Crippen LogP contribution in [0, 0.1) is 0 Å². The molecule has 0 fully saturated rings. The first kappa shape index (κ1) is 23.9. The molecule has 24 heavy (non-hydrogen) atoms. The van der Waals surface area contributed by atoms with Gasteiger partial charge in [0, 0.05) is 13.2 Å². The SMILES string of the molecule is CCCCCCCCCCCCCCCCOCN(C)CC(C)O. The summed E-state index contributed by atoms with van der Waals surface area (Å²) in [7, 11) is 1.98. The number of hydrogen-bond donors (Lipinski definition) is 1. The van der Waals surface area contributed by atoms with Gasteiger partial charge in [0.1, 0.15) is 0 Å². The van der Waals surface area contributed by atoms with Gasteiger partial charge >= 0.3 is 0 Å². The van der Waals surface area contributed by atoms with Gasteiger partial charge in [0.05, 0.1) is 12.8 Å². The minimum Gasteiger partial charge on any atom is -0.392 e. The van der Waals surface area contributed by atoms with Crippen LogP contribution in [0.1, 0.15) is 104 Å². The number of nitrogens with zero attached hydrogens (tertiary/aromatic N) is 1. The van der Waals surface area contributed by atoms with E-state index in [1.54, 1.807) is 0 Å². The van der Waals surface area contributed by atoms with Crippen molar-refractivity contribution in [1.82, 2.24) is 4.90 Å². The van der Waals surface area contributed by atoms with E-state index >= 15 is 0 Å². The van der Waals surface area contributed by atoms with Crippen molar-refractivity contribution in [3.8, 4) is 0 Å². The maximum absolute atomic E-state index is 9.26. The number of hydrogen-bond acceptors (Lipinski definition) is 3. The molecule has 3 nitrogen and oxygen atoms in total. The van der Waals surface area contributed by atoms with Crippen LogP contribution >= 0.6 is 0 Å². The zero-order chi connectivity index (χ0) is 17.9. The summed E-state index contributed by atoms with van der Waals surface area (Å²) < 4.78 is 5.62. The summed E-state index contributed by atoms with van der Waals surface area (Å²) >= 11 is 0. The third-order valence-corrected chi connectivity index (χ3v) is 4.53. The second kappa shape index (κ2) is 19.2. The van der Waals surface area contributed by atoms with Gasteiger partial charge in [-0.15, -0.1) is 0 Å². The Morgan fingerprint density at radius 1 is 0.750 bits per heavy atom. The van der Waals surface area contributed by atoms with Crippen LogP contribution in [0.25, 0.3) is 0 Å². The van der Waals surface area contributed by atoms with E-state index in [2.05, 4.69) is 6.92 Å². The predicted molar refractivity (Wildman–Crippen MR) is 105 cm³/mol. The average molecular weight is 344 g/mol. The van der Waals surface area contributed by atoms with Crippen LogP contribution in [-0.2, 0) is 4.74 Å². The Morgan fingerprint density at radius 2 is 1.17 bits per heavy atom. The molecule has 0 aliphatic carbocycles. The Hall–Kier alpha value is -0.120. The number of rotatable bonds is 19. The van der Waals surface area contributed by atoms with Gasteiger partial charge in [-0.3, -0.25) is 4.90 Å². The molecule has 1 N–H and O–H groups in total. The first-order chi connectivity index (χ1) is 11.7. The minimum atomic E-state index is -0.278. The van der Waals surface area contributed by atoms with E-state index < -0.39 is 0 Å². The summed E-state index contributed by atoms with van der Waals surface area (Å²) in [6, 6.07) is 0. The average Bonchev–Trinajstić information content (AvgIpc) is 2.53. The topological polar surface area (TPSA) is 32.7 Å². The van der Waals surface area contributed by atoms with Crippen molar-refractivity contribution >= 4 is 0 Å². The van der Waals surface area contributed by atoms with Crippen LogP contribution in [0.4, 0.5) is 0 Å². The van der Waals surface area contributed by atoms with Crippen molar-refractivity contribution in [2.75, 3.05) is 26.9 Å². The number of ether oxygens (including phenoxy) is 1. The lowest BCUT2D eigenvalue weighted by Gasteiger charge is -2.18. The standard InChI is InChI=1S/C21H45NO2/c1-4-5-6-7-8-9-10-11-12-13-14-15-16-17-18-24-20-22(3)19-21(2)23/h21,23H,4-20H2,1-3H3. The molecule has 0 aliphatic rings. The Morgan fingerprint density at radius 3 is 1.58 bits per heavy atom. The van der Waals surface area contributed by atoms with Gasteiger partial charge in [0.2, 0.25) is 0 Å². The molecule has 3 heteroatoms. The van der Waals surface area contributed by atoms with E-state index in [4.69, 9.17) is 4.74 Å². The molecular formula is C21H45NO2. The zero-order valence-electron chi connectivity index (χ0n) is 16.9. The summed E-state index contributed by atoms with van der Waals surface area (Å²) in [4.78, 5) is 2.02. The van der Waals surface area contributed by atoms with Crippen LogP contribution in [-0.4, -0.2) is 43.0 Å². The first-order valence-corrected chi connectivity index (χ1v) is 10.6. The molecule has 1 unspecified atom stereocenters. The van der Waals surface area contributed by atoms with Gasteiger partial charge in [0.25, 0.3) is 0 Å². The van der Waals surface area contributed by atoms with E-state index in [-0.39, 0.29) is 6.10 Å². The smallest absolute Gasteiger partial charge is 0.0988 e. The molecular weight excluding hydrogens is 298 g/mol. The van der Waals surface area contributed by atoms with Crippen molar-refractivity contribution in [2.45, 2.75) is 110 Å². The molecule has 0 spiro atoms. The Bertz CT molecular complexity index is 234. The van der Waals surface area contributed by atoms with Crippen molar-refractivity contribution < 1.29 is 9.84 Å². The lowest BCUT2D eigenvalue weighted by molar-refractivity contribution is 0.0198. The number of aliphatic hydroxyl groups is 1. The summed E-state index contributed by atoms with van der Waals surface area (Å²) in [5.74, 6) is 0. The Labute approximate surface area is 152 Å². The Kier molecular flexibility index (Phi) is 19.1. The van der Waals surface area contributed by atoms with Crippen molar-refractivity contribution in [2.24, 2.45) is 0 Å². The van der Waals surface area contributed by atoms with Gasteiger partial charge in [-0.1, -0.05) is 90.4 Å². The highest BCUT2D eigenvalue weighted by Crippen LogP contribution is 2.12. The fourth-order valence-corrected chi connectivity index (χ4v) is 3.12. The van der Waals surface area contributed by atoms with Gasteiger partial charge in [-0.05, 0) is 20.4 Å². The van der Waals surface area contributed by atoms with E-state index in [1.807, 2.05) is 18.9 Å². The normalized spacial score (nSPS) is 12.9. The minimum absolute atomic E-state index is 0.278. The first-order valence-electron chi connectivity index (χ1n) is 10.6. The van der Waals surface area contributed by atoms with Crippen LogP contribution in [0.2, 0.25) is 0 Å². The molecule has 1 atom stereocenters. The fraction of sp³-hybridized carbons (Fsp3) is 1.00. The monoisotopic (exact) mass is 343 g/mol. The molecule has 0 saturated heterocycles. The van der Waals surface area contributed by atoms with Crippen LogP contribution in [0.15, 0.2) is 0 Å². The lowest BCUT2D eigenvalue weighted by Crippen LogP contribution is -2.29. The van der Waals surface area contributed by atoms with Gasteiger partial charge in [-0.25, -0.2) is 0 Å². The largest absolute Gasteiger partial charge is 0.392 e. The number of likely N-dealkylation sites (N-methyl/N-ethyl adjacent to an activating group) is 1. The third-order valence-electron chi connectivity index (χ3n) is 4.53. The summed E-state index contributed by atoms with van der Waals surface area (Å²) in [5.41, 5.74) is 0. The van der Waals surface area contributed by atoms with E-state index in [9.17, 15) is 5.11 Å². The molecule has 0 rings (SSSR count). The summed E-state index contributed by atoms with van der Waals surface area (Å²) in [6.07, 6.45) is 19.2. The van der Waals surface area contributed by atoms with Crippen LogP contribution in [0.5, 0.6) is 0 Å². The molecule has 0 radical (unpaired) electrons. The zero-order valence-corrected chi connectivity index (χ0v) is 16.9. The second-order valence-corrected chi connectivity index (χ2v) is 7.52. The quantitative estimate of drug-likeness (QED) is 0.239. The lowest BCUT2D eigenvalue weighted by atomic mass is 10.0. The summed E-state index contributed by atoms with van der Waals surface area (Å²) in [6.45, 7) is 6.25. The van der Waals surface area contributed by atoms with Crippen LogP contribution in [0.3, 0.4) is 0 Å². The molecule has 0 aromatic carbocycles. The number of aliphatic hydroxyl groups excluding tert-OH is 1. The van der Waals surface area contributed by atoms with E-state index in [0.29, 0.717) is 13.3 Å². The second-order valence-electron chi connectivity index (χ2n) is 7.52. The molecule has 0 aliphatic heterocycles. The van der Waals surface area contributed by atoms with Crippen LogP contribution < -0.4 is 0 Å². The van der Waals surface area contributed by atoms with E-state index in [1.165, 1.54) is 89.9 Å². The van der Waals surface area contributed by atoms with Crippen molar-refractivity contribution in [3.63, 3.8) is 0 Å². The fourth-order valence-electron chi connectivity index (χ4n) is 3.12. The molecule has 0 amide bonds. The highest BCUT2D eigenvalue weighted by Gasteiger charge is 2.02. The molecule has 0 saturated carbocycles. The highest BCUT2D eigenvalue weighted by molar-refractivity contribution is 4.52.